The van der Waals surface area contributed by atoms with Gasteiger partial charge in [0.1, 0.15) is 0 Å². The third-order valence-electron chi connectivity index (χ3n) is 2.94. The zero-order chi connectivity index (χ0) is 14.3. The first-order chi connectivity index (χ1) is 9.24. The van der Waals surface area contributed by atoms with Crippen LogP contribution in [0.15, 0.2) is 0 Å². The minimum absolute atomic E-state index is 0.180. The third kappa shape index (κ3) is 12.5. The second-order valence-corrected chi connectivity index (χ2v) is 4.64. The molecule has 0 aromatic rings. The van der Waals surface area contributed by atoms with Crippen LogP contribution in [0.3, 0.4) is 0 Å². The molecule has 1 aliphatic rings. The quantitative estimate of drug-likeness (QED) is 0.263. The standard InChI is InChI=1S/C8H20N4.C4H12N2O/c9-7-8(10)1-4-12-5-2-11-3-6-12;5-1-2-6-3-4-7/h8,11H,1-7,9-10H2;6-7H,1-5H2. The van der Waals surface area contributed by atoms with Crippen molar-refractivity contribution in [3.05, 3.63) is 0 Å². The van der Waals surface area contributed by atoms with E-state index in [0.717, 1.165) is 45.7 Å². The smallest absolute Gasteiger partial charge is 0.0555 e. The Morgan fingerprint density at radius 1 is 1.21 bits per heavy atom. The molecule has 0 bridgehead atoms. The van der Waals surface area contributed by atoms with Crippen molar-refractivity contribution in [3.63, 3.8) is 0 Å². The zero-order valence-electron chi connectivity index (χ0n) is 12.0. The van der Waals surface area contributed by atoms with Crippen LogP contribution in [0.5, 0.6) is 0 Å². The molecule has 116 valence electrons. The minimum Gasteiger partial charge on any atom is -0.395 e. The van der Waals surface area contributed by atoms with Gasteiger partial charge in [0.25, 0.3) is 0 Å². The number of hydrogen-bond acceptors (Lipinski definition) is 7. The van der Waals surface area contributed by atoms with E-state index in [-0.39, 0.29) is 12.6 Å². The Balaban J connectivity index is 0.000000399. The van der Waals surface area contributed by atoms with E-state index in [9.17, 15) is 0 Å². The molecule has 0 amide bonds. The van der Waals surface area contributed by atoms with Crippen molar-refractivity contribution in [3.8, 4) is 0 Å². The molecule has 1 fully saturated rings. The van der Waals surface area contributed by atoms with Gasteiger partial charge < -0.3 is 37.8 Å². The van der Waals surface area contributed by atoms with E-state index in [4.69, 9.17) is 22.3 Å². The molecule has 0 aromatic carbocycles. The van der Waals surface area contributed by atoms with Crippen molar-refractivity contribution in [2.24, 2.45) is 17.2 Å². The van der Waals surface area contributed by atoms with Gasteiger partial charge in [-0.2, -0.15) is 0 Å². The average molecular weight is 276 g/mol. The zero-order valence-corrected chi connectivity index (χ0v) is 12.0. The Bertz CT molecular complexity index is 174. The summed E-state index contributed by atoms with van der Waals surface area (Å²) < 4.78 is 0. The molecule has 0 radical (unpaired) electrons. The van der Waals surface area contributed by atoms with Gasteiger partial charge in [-0.3, -0.25) is 0 Å². The Morgan fingerprint density at radius 3 is 2.42 bits per heavy atom. The monoisotopic (exact) mass is 276 g/mol. The van der Waals surface area contributed by atoms with Crippen LogP contribution >= 0.6 is 0 Å². The van der Waals surface area contributed by atoms with Gasteiger partial charge in [0.2, 0.25) is 0 Å². The first kappa shape index (κ1) is 18.7. The Morgan fingerprint density at radius 2 is 1.89 bits per heavy atom. The van der Waals surface area contributed by atoms with Crippen LogP contribution < -0.4 is 27.8 Å². The number of nitrogens with two attached hydrogens (primary N) is 3. The maximum Gasteiger partial charge on any atom is 0.0555 e. The molecule has 1 atom stereocenters. The molecule has 9 N–H and O–H groups in total. The van der Waals surface area contributed by atoms with Crippen LogP contribution in [0.1, 0.15) is 6.42 Å². The van der Waals surface area contributed by atoms with Gasteiger partial charge >= 0.3 is 0 Å². The van der Waals surface area contributed by atoms with Crippen LogP contribution in [0.4, 0.5) is 0 Å². The van der Waals surface area contributed by atoms with Gasteiger partial charge in [-0.05, 0) is 13.0 Å². The number of rotatable bonds is 8. The fraction of sp³-hybridized carbons (Fsp3) is 1.00. The maximum absolute atomic E-state index is 8.19. The van der Waals surface area contributed by atoms with Crippen LogP contribution in [-0.4, -0.2) is 81.6 Å². The predicted octanol–water partition coefficient (Wildman–Crippen LogP) is -2.91. The molecule has 7 heteroatoms. The molecule has 1 unspecified atom stereocenters. The van der Waals surface area contributed by atoms with E-state index in [0.29, 0.717) is 19.6 Å². The molecular formula is C12H32N6O. The average Bonchev–Trinajstić information content (AvgIpc) is 2.47. The summed E-state index contributed by atoms with van der Waals surface area (Å²) in [6, 6.07) is 0.180. The molecule has 19 heavy (non-hydrogen) atoms. The summed E-state index contributed by atoms with van der Waals surface area (Å²) in [5.41, 5.74) is 16.3. The van der Waals surface area contributed by atoms with Crippen LogP contribution in [0, 0.1) is 0 Å². The van der Waals surface area contributed by atoms with E-state index in [1.54, 1.807) is 0 Å². The van der Waals surface area contributed by atoms with Crippen molar-refractivity contribution >= 4 is 0 Å². The van der Waals surface area contributed by atoms with Gasteiger partial charge in [0.15, 0.2) is 0 Å². The fourth-order valence-electron chi connectivity index (χ4n) is 1.71. The number of nitrogens with one attached hydrogen (secondary N) is 2. The number of nitrogens with zero attached hydrogens (tertiary/aromatic N) is 1. The highest BCUT2D eigenvalue weighted by Crippen LogP contribution is 1.95. The van der Waals surface area contributed by atoms with Gasteiger partial charge in [-0.15, -0.1) is 0 Å². The third-order valence-corrected chi connectivity index (χ3v) is 2.94. The van der Waals surface area contributed by atoms with Crippen molar-refractivity contribution in [1.29, 1.82) is 0 Å². The molecule has 1 heterocycles. The van der Waals surface area contributed by atoms with E-state index < -0.39 is 0 Å². The Labute approximate surface area is 116 Å². The van der Waals surface area contributed by atoms with E-state index in [1.165, 1.54) is 0 Å². The van der Waals surface area contributed by atoms with E-state index in [1.807, 2.05) is 0 Å². The SMILES string of the molecule is NCC(N)CCN1CCNCC1.NCCNCCO. The lowest BCUT2D eigenvalue weighted by Crippen LogP contribution is -2.45. The molecule has 1 rings (SSSR count). The van der Waals surface area contributed by atoms with Gasteiger partial charge in [-0.1, -0.05) is 0 Å². The highest BCUT2D eigenvalue weighted by molar-refractivity contribution is 4.70. The molecule has 7 nitrogen and oxygen atoms in total. The summed E-state index contributed by atoms with van der Waals surface area (Å²) in [4.78, 5) is 2.44. The Kier molecular flexibility index (Phi) is 13.9. The topological polar surface area (TPSA) is 126 Å². The lowest BCUT2D eigenvalue weighted by molar-refractivity contribution is 0.233. The van der Waals surface area contributed by atoms with E-state index in [2.05, 4.69) is 15.5 Å². The van der Waals surface area contributed by atoms with Crippen molar-refractivity contribution < 1.29 is 5.11 Å². The minimum atomic E-state index is 0.180. The van der Waals surface area contributed by atoms with Crippen LogP contribution in [0.2, 0.25) is 0 Å². The second-order valence-electron chi connectivity index (χ2n) is 4.64. The normalized spacial score (nSPS) is 17.7. The fourth-order valence-corrected chi connectivity index (χ4v) is 1.71. The predicted molar refractivity (Wildman–Crippen MR) is 80.0 cm³/mol. The Hall–Kier alpha value is -0.280. The van der Waals surface area contributed by atoms with Gasteiger partial charge in [-0.25, -0.2) is 0 Å². The molecule has 0 saturated carbocycles. The van der Waals surface area contributed by atoms with Gasteiger partial charge in [0, 0.05) is 58.4 Å². The highest BCUT2D eigenvalue weighted by Gasteiger charge is 2.09. The number of piperazine rings is 1. The molecule has 1 aliphatic heterocycles. The molecule has 1 saturated heterocycles. The van der Waals surface area contributed by atoms with Crippen molar-refractivity contribution in [1.82, 2.24) is 15.5 Å². The highest BCUT2D eigenvalue weighted by atomic mass is 16.3. The largest absolute Gasteiger partial charge is 0.395 e. The lowest BCUT2D eigenvalue weighted by atomic mass is 10.2. The summed E-state index contributed by atoms with van der Waals surface area (Å²) in [5, 5.41) is 14.4. The summed E-state index contributed by atoms with van der Waals surface area (Å²) >= 11 is 0. The lowest BCUT2D eigenvalue weighted by Gasteiger charge is -2.27. The first-order valence-electron chi connectivity index (χ1n) is 7.15. The summed E-state index contributed by atoms with van der Waals surface area (Å²) in [5.74, 6) is 0. The summed E-state index contributed by atoms with van der Waals surface area (Å²) in [6.07, 6.45) is 1.02. The van der Waals surface area contributed by atoms with Crippen LogP contribution in [0.25, 0.3) is 0 Å². The molecule has 0 aliphatic carbocycles. The number of hydrogen-bond donors (Lipinski definition) is 6. The first-order valence-corrected chi connectivity index (χ1v) is 7.15. The molecular weight excluding hydrogens is 244 g/mol. The van der Waals surface area contributed by atoms with Gasteiger partial charge in [0.05, 0.1) is 6.61 Å². The maximum atomic E-state index is 8.19. The van der Waals surface area contributed by atoms with Crippen LogP contribution in [-0.2, 0) is 0 Å². The molecule has 0 aromatic heterocycles. The van der Waals surface area contributed by atoms with Crippen molar-refractivity contribution in [2.75, 3.05) is 65.5 Å². The molecule has 0 spiro atoms. The summed E-state index contributed by atoms with van der Waals surface area (Å²) in [6.45, 7) is 8.49. The summed E-state index contributed by atoms with van der Waals surface area (Å²) in [7, 11) is 0. The number of aliphatic hydroxyl groups is 1. The van der Waals surface area contributed by atoms with E-state index >= 15 is 0 Å². The second kappa shape index (κ2) is 14.1. The number of aliphatic hydroxyl groups excluding tert-OH is 1. The van der Waals surface area contributed by atoms with Crippen molar-refractivity contribution in [2.45, 2.75) is 12.5 Å².